The van der Waals surface area contributed by atoms with Gasteiger partial charge in [-0.1, -0.05) is 0 Å². The molecular weight excluding hydrogens is 456 g/mol. The first kappa shape index (κ1) is 24.9. The molecule has 10 nitrogen and oxygen atoms in total. The third-order valence-corrected chi connectivity index (χ3v) is 4.67. The number of nitrogens with one attached hydrogen (secondary N) is 1. The summed E-state index contributed by atoms with van der Waals surface area (Å²) in [6, 6.07) is 16.0. The monoisotopic (exact) mass is 478 g/mol. The SMILES string of the molecule is CCOC(=O)c1ccc(Oc2ccc(NC(=O)c3ccc([N+](=O)[O-])cc3)cc2)cc1C(=O)OCC. The number of non-ortho nitro benzene ring substituents is 1. The third kappa shape index (κ3) is 6.41. The van der Waals surface area contributed by atoms with Gasteiger partial charge in [0.05, 0.1) is 29.3 Å². The third-order valence-electron chi connectivity index (χ3n) is 4.67. The van der Waals surface area contributed by atoms with E-state index in [0.29, 0.717) is 17.2 Å². The van der Waals surface area contributed by atoms with Crippen molar-refractivity contribution >= 4 is 29.2 Å². The second-order valence-electron chi connectivity index (χ2n) is 7.03. The Balaban J connectivity index is 1.72. The molecule has 35 heavy (non-hydrogen) atoms. The lowest BCUT2D eigenvalue weighted by Crippen LogP contribution is -2.14. The number of hydrogen-bond donors (Lipinski definition) is 1. The summed E-state index contributed by atoms with van der Waals surface area (Å²) in [5.74, 6) is -1.04. The Labute approximate surface area is 200 Å². The Morgan fingerprint density at radius 2 is 1.37 bits per heavy atom. The lowest BCUT2D eigenvalue weighted by atomic mass is 10.1. The van der Waals surface area contributed by atoms with Crippen molar-refractivity contribution < 1.29 is 33.5 Å². The zero-order chi connectivity index (χ0) is 25.4. The Morgan fingerprint density at radius 3 is 1.94 bits per heavy atom. The van der Waals surface area contributed by atoms with Gasteiger partial charge in [0.25, 0.3) is 11.6 Å². The molecule has 0 fully saturated rings. The number of esters is 2. The van der Waals surface area contributed by atoms with Gasteiger partial charge in [0.15, 0.2) is 0 Å². The highest BCUT2D eigenvalue weighted by molar-refractivity contribution is 6.04. The molecule has 0 aliphatic rings. The van der Waals surface area contributed by atoms with Crippen LogP contribution in [0, 0.1) is 10.1 Å². The van der Waals surface area contributed by atoms with Gasteiger partial charge in [-0.2, -0.15) is 0 Å². The molecule has 3 aromatic rings. The maximum atomic E-state index is 12.4. The van der Waals surface area contributed by atoms with E-state index in [0.717, 1.165) is 0 Å². The normalized spacial score (nSPS) is 10.2. The Hall–Kier alpha value is -4.73. The number of amides is 1. The number of nitrogens with zero attached hydrogens (tertiary/aromatic N) is 1. The van der Waals surface area contributed by atoms with Crippen molar-refractivity contribution in [1.29, 1.82) is 0 Å². The first-order valence-corrected chi connectivity index (χ1v) is 10.6. The van der Waals surface area contributed by atoms with E-state index in [1.54, 1.807) is 38.1 Å². The number of carbonyl (C=O) groups is 3. The van der Waals surface area contributed by atoms with E-state index in [1.807, 2.05) is 0 Å². The summed E-state index contributed by atoms with van der Waals surface area (Å²) in [6.45, 7) is 3.62. The smallest absolute Gasteiger partial charge is 0.339 e. The summed E-state index contributed by atoms with van der Waals surface area (Å²) >= 11 is 0. The number of hydrogen-bond acceptors (Lipinski definition) is 8. The van der Waals surface area contributed by atoms with Crippen LogP contribution in [0.3, 0.4) is 0 Å². The Morgan fingerprint density at radius 1 is 0.800 bits per heavy atom. The maximum Gasteiger partial charge on any atom is 0.339 e. The summed E-state index contributed by atoms with van der Waals surface area (Å²) in [7, 11) is 0. The average molecular weight is 478 g/mol. The summed E-state index contributed by atoms with van der Waals surface area (Å²) in [6.07, 6.45) is 0. The van der Waals surface area contributed by atoms with Gasteiger partial charge in [0.1, 0.15) is 11.5 Å². The molecule has 1 amide bonds. The highest BCUT2D eigenvalue weighted by Gasteiger charge is 2.20. The lowest BCUT2D eigenvalue weighted by Gasteiger charge is -2.12. The average Bonchev–Trinajstić information content (AvgIpc) is 2.85. The molecule has 0 saturated carbocycles. The first-order chi connectivity index (χ1) is 16.8. The van der Waals surface area contributed by atoms with E-state index in [2.05, 4.69) is 5.32 Å². The zero-order valence-electron chi connectivity index (χ0n) is 19.0. The van der Waals surface area contributed by atoms with Crippen molar-refractivity contribution in [2.75, 3.05) is 18.5 Å². The van der Waals surface area contributed by atoms with Crippen molar-refractivity contribution in [2.24, 2.45) is 0 Å². The summed E-state index contributed by atoms with van der Waals surface area (Å²) < 4.78 is 15.8. The van der Waals surface area contributed by atoms with Crippen molar-refractivity contribution in [1.82, 2.24) is 0 Å². The quantitative estimate of drug-likeness (QED) is 0.258. The molecule has 1 N–H and O–H groups in total. The molecule has 3 aromatic carbocycles. The molecule has 0 spiro atoms. The van der Waals surface area contributed by atoms with Crippen LogP contribution in [0.5, 0.6) is 11.5 Å². The van der Waals surface area contributed by atoms with Gasteiger partial charge in [-0.3, -0.25) is 14.9 Å². The summed E-state index contributed by atoms with van der Waals surface area (Å²) in [4.78, 5) is 47.1. The van der Waals surface area contributed by atoms with E-state index in [1.165, 1.54) is 42.5 Å². The number of ether oxygens (including phenoxy) is 3. The number of nitro groups is 1. The fourth-order valence-corrected chi connectivity index (χ4v) is 3.03. The Kier molecular flexibility index (Phi) is 8.12. The summed E-state index contributed by atoms with van der Waals surface area (Å²) in [5, 5.41) is 13.4. The Bertz CT molecular complexity index is 1240. The van der Waals surface area contributed by atoms with Crippen LogP contribution in [0.1, 0.15) is 44.9 Å². The maximum absolute atomic E-state index is 12.4. The van der Waals surface area contributed by atoms with Crippen LogP contribution >= 0.6 is 0 Å². The van der Waals surface area contributed by atoms with Crippen LogP contribution in [0.25, 0.3) is 0 Å². The number of carbonyl (C=O) groups excluding carboxylic acids is 3. The number of anilines is 1. The first-order valence-electron chi connectivity index (χ1n) is 10.6. The minimum atomic E-state index is -0.676. The second kappa shape index (κ2) is 11.4. The van der Waals surface area contributed by atoms with E-state index in [4.69, 9.17) is 14.2 Å². The van der Waals surface area contributed by atoms with Crippen molar-refractivity contribution in [3.05, 3.63) is 93.5 Å². The van der Waals surface area contributed by atoms with Crippen LogP contribution in [0.15, 0.2) is 66.7 Å². The number of benzene rings is 3. The van der Waals surface area contributed by atoms with Crippen molar-refractivity contribution in [3.63, 3.8) is 0 Å². The minimum Gasteiger partial charge on any atom is -0.462 e. The molecule has 0 saturated heterocycles. The minimum absolute atomic E-state index is 0.0229. The van der Waals surface area contributed by atoms with Crippen molar-refractivity contribution in [3.8, 4) is 11.5 Å². The van der Waals surface area contributed by atoms with E-state index in [9.17, 15) is 24.5 Å². The fourth-order valence-electron chi connectivity index (χ4n) is 3.03. The van der Waals surface area contributed by atoms with Gasteiger partial charge in [-0.15, -0.1) is 0 Å². The summed E-state index contributed by atoms with van der Waals surface area (Å²) in [5.41, 5.74) is 0.732. The standard InChI is InChI=1S/C25H22N2O8/c1-3-33-24(29)21-14-13-20(15-22(21)25(30)34-4-2)35-19-11-7-17(8-12-19)26-23(28)16-5-9-18(10-6-16)27(31)32/h5-15H,3-4H2,1-2H3,(H,26,28). The molecule has 0 aromatic heterocycles. The highest BCUT2D eigenvalue weighted by Crippen LogP contribution is 2.26. The highest BCUT2D eigenvalue weighted by atomic mass is 16.6. The molecule has 0 aliphatic carbocycles. The molecule has 0 bridgehead atoms. The van der Waals surface area contributed by atoms with Crippen LogP contribution in [0.2, 0.25) is 0 Å². The molecule has 0 aliphatic heterocycles. The van der Waals surface area contributed by atoms with Crippen molar-refractivity contribution in [2.45, 2.75) is 13.8 Å². The van der Waals surface area contributed by atoms with Gasteiger partial charge in [-0.05, 0) is 68.4 Å². The van der Waals surface area contributed by atoms with E-state index in [-0.39, 0.29) is 35.6 Å². The molecule has 0 heterocycles. The van der Waals surface area contributed by atoms with Crippen LogP contribution in [0.4, 0.5) is 11.4 Å². The fraction of sp³-hybridized carbons (Fsp3) is 0.160. The molecule has 0 radical (unpaired) electrons. The van der Waals surface area contributed by atoms with Gasteiger partial charge in [0, 0.05) is 23.4 Å². The van der Waals surface area contributed by atoms with Crippen LogP contribution in [-0.4, -0.2) is 36.0 Å². The topological polar surface area (TPSA) is 134 Å². The number of rotatable bonds is 9. The van der Waals surface area contributed by atoms with Gasteiger partial charge < -0.3 is 19.5 Å². The predicted octanol–water partition coefficient (Wildman–Crippen LogP) is 4.99. The van der Waals surface area contributed by atoms with Gasteiger partial charge >= 0.3 is 11.9 Å². The van der Waals surface area contributed by atoms with Crippen LogP contribution < -0.4 is 10.1 Å². The number of nitro benzene ring substituents is 1. The predicted molar refractivity (Wildman–Crippen MR) is 126 cm³/mol. The largest absolute Gasteiger partial charge is 0.462 e. The molecule has 180 valence electrons. The molecule has 0 unspecified atom stereocenters. The molecular formula is C25H22N2O8. The molecule has 10 heteroatoms. The van der Waals surface area contributed by atoms with E-state index >= 15 is 0 Å². The van der Waals surface area contributed by atoms with Gasteiger partial charge in [0.2, 0.25) is 0 Å². The second-order valence-corrected chi connectivity index (χ2v) is 7.03. The van der Waals surface area contributed by atoms with Gasteiger partial charge in [-0.25, -0.2) is 9.59 Å². The molecule has 0 atom stereocenters. The lowest BCUT2D eigenvalue weighted by molar-refractivity contribution is -0.384. The van der Waals surface area contributed by atoms with E-state index < -0.39 is 22.8 Å². The van der Waals surface area contributed by atoms with Crippen LogP contribution in [-0.2, 0) is 9.47 Å². The molecule has 3 rings (SSSR count). The zero-order valence-corrected chi connectivity index (χ0v) is 19.0.